The summed E-state index contributed by atoms with van der Waals surface area (Å²) in [7, 11) is 0. The first kappa shape index (κ1) is 12.1. The Morgan fingerprint density at radius 2 is 2.25 bits per heavy atom. The fourth-order valence-electron chi connectivity index (χ4n) is 2.01. The van der Waals surface area contributed by atoms with Crippen LogP contribution in [-0.2, 0) is 0 Å². The third kappa shape index (κ3) is 2.83. The molecule has 1 aromatic rings. The van der Waals surface area contributed by atoms with E-state index in [1.807, 2.05) is 12.1 Å². The number of nitrogens with one attached hydrogen (secondary N) is 1. The smallest absolute Gasteiger partial charge is 0.137 e. The zero-order chi connectivity index (χ0) is 11.7. The predicted molar refractivity (Wildman–Crippen MR) is 68.1 cm³/mol. The van der Waals surface area contributed by atoms with Crippen molar-refractivity contribution in [2.24, 2.45) is 5.92 Å². The first-order valence-corrected chi connectivity index (χ1v) is 6.55. The summed E-state index contributed by atoms with van der Waals surface area (Å²) in [6.07, 6.45) is 1.22. The van der Waals surface area contributed by atoms with Crippen molar-refractivity contribution in [1.82, 2.24) is 5.32 Å². The monoisotopic (exact) mass is 285 g/mol. The Bertz CT molecular complexity index is 378. The zero-order valence-electron chi connectivity index (χ0n) is 9.63. The van der Waals surface area contributed by atoms with Gasteiger partial charge >= 0.3 is 0 Å². The van der Waals surface area contributed by atoms with Gasteiger partial charge in [0, 0.05) is 6.04 Å². The van der Waals surface area contributed by atoms with E-state index in [0.29, 0.717) is 16.4 Å². The maximum Gasteiger partial charge on any atom is 0.137 e. The van der Waals surface area contributed by atoms with Crippen molar-refractivity contribution in [3.63, 3.8) is 0 Å². The second-order valence-corrected chi connectivity index (χ2v) is 5.69. The normalized spacial score (nSPS) is 23.8. The first-order chi connectivity index (χ1) is 7.58. The average Bonchev–Trinajstić information content (AvgIpc) is 2.98. The molecule has 1 nitrogen and oxygen atoms in total. The minimum atomic E-state index is -0.179. The van der Waals surface area contributed by atoms with Crippen molar-refractivity contribution in [1.29, 1.82) is 0 Å². The largest absolute Gasteiger partial charge is 0.314 e. The Morgan fingerprint density at radius 1 is 1.50 bits per heavy atom. The van der Waals surface area contributed by atoms with Gasteiger partial charge in [-0.3, -0.25) is 0 Å². The van der Waals surface area contributed by atoms with E-state index >= 15 is 0 Å². The summed E-state index contributed by atoms with van der Waals surface area (Å²) in [5.74, 6) is 1.16. The minimum Gasteiger partial charge on any atom is -0.314 e. The molecule has 0 bridgehead atoms. The van der Waals surface area contributed by atoms with Gasteiger partial charge < -0.3 is 5.32 Å². The molecule has 0 amide bonds. The van der Waals surface area contributed by atoms with Crippen LogP contribution in [0.2, 0.25) is 0 Å². The summed E-state index contributed by atoms with van der Waals surface area (Å²) in [5, 5.41) is 3.45. The summed E-state index contributed by atoms with van der Waals surface area (Å²) in [4.78, 5) is 0. The highest BCUT2D eigenvalue weighted by Gasteiger charge is 2.37. The van der Waals surface area contributed by atoms with Gasteiger partial charge in [0.2, 0.25) is 0 Å². The van der Waals surface area contributed by atoms with Gasteiger partial charge in [0.05, 0.1) is 4.47 Å². The predicted octanol–water partition coefficient (Wildman–Crippen LogP) is 3.69. The minimum absolute atomic E-state index is 0.179. The molecule has 16 heavy (non-hydrogen) atoms. The van der Waals surface area contributed by atoms with E-state index in [-0.39, 0.29) is 5.82 Å². The Labute approximate surface area is 105 Å². The van der Waals surface area contributed by atoms with Crippen LogP contribution in [0.4, 0.5) is 4.39 Å². The molecule has 0 spiro atoms. The third-order valence-corrected chi connectivity index (χ3v) is 3.69. The Kier molecular flexibility index (Phi) is 3.65. The van der Waals surface area contributed by atoms with Crippen LogP contribution >= 0.6 is 15.9 Å². The van der Waals surface area contributed by atoms with E-state index in [0.717, 1.165) is 12.5 Å². The highest BCUT2D eigenvalue weighted by Crippen LogP contribution is 2.47. The molecule has 2 atom stereocenters. The molecule has 2 unspecified atom stereocenters. The summed E-state index contributed by atoms with van der Waals surface area (Å²) in [6.45, 7) is 5.38. The number of hydrogen-bond acceptors (Lipinski definition) is 1. The molecule has 1 saturated carbocycles. The van der Waals surface area contributed by atoms with Crippen LogP contribution < -0.4 is 5.32 Å². The fourth-order valence-corrected chi connectivity index (χ4v) is 2.41. The lowest BCUT2D eigenvalue weighted by atomic mass is 10.1. The van der Waals surface area contributed by atoms with E-state index in [1.54, 1.807) is 6.07 Å². The van der Waals surface area contributed by atoms with E-state index in [2.05, 4.69) is 35.1 Å². The van der Waals surface area contributed by atoms with E-state index in [4.69, 9.17) is 0 Å². The van der Waals surface area contributed by atoms with E-state index in [1.165, 1.54) is 12.0 Å². The molecule has 3 heteroatoms. The van der Waals surface area contributed by atoms with E-state index < -0.39 is 0 Å². The molecule has 0 aromatic heterocycles. The highest BCUT2D eigenvalue weighted by molar-refractivity contribution is 9.10. The lowest BCUT2D eigenvalue weighted by molar-refractivity contribution is 0.554. The summed E-state index contributed by atoms with van der Waals surface area (Å²) in [5.41, 5.74) is 1.25. The van der Waals surface area contributed by atoms with Gasteiger partial charge in [-0.05, 0) is 58.4 Å². The molecule has 0 radical (unpaired) electrons. The Morgan fingerprint density at radius 3 is 2.88 bits per heavy atom. The van der Waals surface area contributed by atoms with Crippen LogP contribution in [-0.4, -0.2) is 12.6 Å². The molecule has 2 rings (SSSR count). The lowest BCUT2D eigenvalue weighted by Crippen LogP contribution is -2.25. The number of rotatable bonds is 4. The zero-order valence-corrected chi connectivity index (χ0v) is 11.2. The molecule has 1 aliphatic carbocycles. The van der Waals surface area contributed by atoms with Crippen molar-refractivity contribution in [3.8, 4) is 0 Å². The highest BCUT2D eigenvalue weighted by atomic mass is 79.9. The summed E-state index contributed by atoms with van der Waals surface area (Å²) >= 11 is 3.23. The molecular formula is C13H17BrFN. The van der Waals surface area contributed by atoms with E-state index in [9.17, 15) is 4.39 Å². The number of hydrogen-bond donors (Lipinski definition) is 1. The second kappa shape index (κ2) is 4.84. The molecular weight excluding hydrogens is 269 g/mol. The van der Waals surface area contributed by atoms with Crippen LogP contribution in [0.3, 0.4) is 0 Å². The SMILES string of the molecule is CC(C)NCC1CC1c1ccc(F)c(Br)c1. The van der Waals surface area contributed by atoms with Gasteiger partial charge in [0.1, 0.15) is 5.82 Å². The Balaban J connectivity index is 1.93. The van der Waals surface area contributed by atoms with Crippen LogP contribution in [0.1, 0.15) is 31.7 Å². The van der Waals surface area contributed by atoms with Crippen LogP contribution in [0, 0.1) is 11.7 Å². The quantitative estimate of drug-likeness (QED) is 0.890. The second-order valence-electron chi connectivity index (χ2n) is 4.84. The summed E-state index contributed by atoms with van der Waals surface area (Å²) in [6, 6.07) is 5.90. The van der Waals surface area contributed by atoms with Gasteiger partial charge in [-0.1, -0.05) is 19.9 Å². The molecule has 0 heterocycles. The fraction of sp³-hybridized carbons (Fsp3) is 0.538. The van der Waals surface area contributed by atoms with Gasteiger partial charge in [-0.2, -0.15) is 0 Å². The average molecular weight is 286 g/mol. The standard InChI is InChI=1S/C13H17BrFN/c1-8(2)16-7-10-5-11(10)9-3-4-13(15)12(14)6-9/h3-4,6,8,10-11,16H,5,7H2,1-2H3. The number of halogens is 2. The van der Waals surface area contributed by atoms with Crippen molar-refractivity contribution in [2.75, 3.05) is 6.54 Å². The molecule has 1 N–H and O–H groups in total. The van der Waals surface area contributed by atoms with Crippen molar-refractivity contribution in [3.05, 3.63) is 34.1 Å². The number of benzene rings is 1. The van der Waals surface area contributed by atoms with Gasteiger partial charge in [-0.15, -0.1) is 0 Å². The van der Waals surface area contributed by atoms with Crippen molar-refractivity contribution < 1.29 is 4.39 Å². The van der Waals surface area contributed by atoms with Crippen LogP contribution in [0.25, 0.3) is 0 Å². The molecule has 1 fully saturated rings. The summed E-state index contributed by atoms with van der Waals surface area (Å²) < 4.78 is 13.7. The topological polar surface area (TPSA) is 12.0 Å². The molecule has 88 valence electrons. The Hall–Kier alpha value is -0.410. The molecule has 1 aliphatic rings. The molecule has 0 aliphatic heterocycles. The van der Waals surface area contributed by atoms with Gasteiger partial charge in [-0.25, -0.2) is 4.39 Å². The lowest BCUT2D eigenvalue weighted by Gasteiger charge is -2.07. The van der Waals surface area contributed by atoms with Crippen molar-refractivity contribution in [2.45, 2.75) is 32.2 Å². The maximum absolute atomic E-state index is 13.1. The van der Waals surface area contributed by atoms with Crippen LogP contribution in [0.5, 0.6) is 0 Å². The van der Waals surface area contributed by atoms with Crippen LogP contribution in [0.15, 0.2) is 22.7 Å². The van der Waals surface area contributed by atoms with Crippen molar-refractivity contribution >= 4 is 15.9 Å². The van der Waals surface area contributed by atoms with Gasteiger partial charge in [0.15, 0.2) is 0 Å². The maximum atomic E-state index is 13.1. The van der Waals surface area contributed by atoms with Gasteiger partial charge in [0.25, 0.3) is 0 Å². The first-order valence-electron chi connectivity index (χ1n) is 5.76. The molecule has 0 saturated heterocycles. The third-order valence-electron chi connectivity index (χ3n) is 3.08. The molecule has 1 aromatic carbocycles.